The molecule has 2 heterocycles. The number of nitrogen functional groups attached to an aromatic ring is 1. The second-order valence-corrected chi connectivity index (χ2v) is 6.23. The topological polar surface area (TPSA) is 56.7 Å². The monoisotopic (exact) mass is 298 g/mol. The summed E-state index contributed by atoms with van der Waals surface area (Å²) in [7, 11) is 0. The average Bonchev–Trinajstić information content (AvgIpc) is 3.04. The van der Waals surface area contributed by atoms with Gasteiger partial charge in [0, 0.05) is 10.9 Å². The van der Waals surface area contributed by atoms with Crippen molar-refractivity contribution in [1.82, 2.24) is 14.8 Å². The maximum Gasteiger partial charge on any atom is 0.180 e. The molecule has 3 rings (SSSR count). The third kappa shape index (κ3) is 2.45. The Bertz CT molecular complexity index is 770. The maximum atomic E-state index is 5.73. The molecule has 108 valence electrons. The van der Waals surface area contributed by atoms with Crippen LogP contribution in [0.1, 0.15) is 31.0 Å². The fraction of sp³-hybridized carbons (Fsp3) is 0.250. The molecule has 0 spiro atoms. The second kappa shape index (κ2) is 5.33. The molecule has 0 aliphatic rings. The number of para-hydroxylation sites is 1. The van der Waals surface area contributed by atoms with Gasteiger partial charge in [0.2, 0.25) is 0 Å². The number of nitrogens with zero attached hydrogens (tertiary/aromatic N) is 3. The van der Waals surface area contributed by atoms with E-state index in [2.05, 4.69) is 49.1 Å². The van der Waals surface area contributed by atoms with Crippen LogP contribution in [0.15, 0.2) is 35.8 Å². The van der Waals surface area contributed by atoms with Crippen molar-refractivity contribution in [3.63, 3.8) is 0 Å². The third-order valence-corrected chi connectivity index (χ3v) is 4.27. The fourth-order valence-corrected chi connectivity index (χ4v) is 3.05. The van der Waals surface area contributed by atoms with Gasteiger partial charge in [-0.05, 0) is 24.5 Å². The molecule has 0 radical (unpaired) electrons. The number of nitrogens with two attached hydrogens (primary N) is 1. The lowest BCUT2D eigenvalue weighted by atomic mass is 10.0. The standard InChI is InChI=1S/C16H18N4S/c1-10(2)12-6-4-5-7-15(12)20-11(3)13(8-18-20)14-9-21-16(17)19-14/h4-10H,1-3H3,(H2,17,19). The van der Waals surface area contributed by atoms with E-state index in [1.165, 1.54) is 16.9 Å². The largest absolute Gasteiger partial charge is 0.375 e. The molecule has 0 saturated heterocycles. The number of thiazole rings is 1. The predicted molar refractivity (Wildman–Crippen MR) is 87.9 cm³/mol. The third-order valence-electron chi connectivity index (χ3n) is 3.59. The highest BCUT2D eigenvalue weighted by Gasteiger charge is 2.15. The molecule has 2 aromatic heterocycles. The van der Waals surface area contributed by atoms with Crippen LogP contribution in [-0.2, 0) is 0 Å². The number of anilines is 1. The molecule has 0 unspecified atom stereocenters. The van der Waals surface area contributed by atoms with Crippen LogP contribution < -0.4 is 5.73 Å². The molecule has 0 bridgehead atoms. The zero-order valence-electron chi connectivity index (χ0n) is 12.4. The van der Waals surface area contributed by atoms with E-state index in [4.69, 9.17) is 5.73 Å². The summed E-state index contributed by atoms with van der Waals surface area (Å²) in [5.41, 5.74) is 11.1. The van der Waals surface area contributed by atoms with E-state index in [0.717, 1.165) is 22.6 Å². The van der Waals surface area contributed by atoms with Crippen molar-refractivity contribution in [2.45, 2.75) is 26.7 Å². The van der Waals surface area contributed by atoms with Crippen LogP contribution in [0.5, 0.6) is 0 Å². The minimum atomic E-state index is 0.447. The first-order chi connectivity index (χ1) is 10.1. The molecule has 0 amide bonds. The summed E-state index contributed by atoms with van der Waals surface area (Å²) in [5.74, 6) is 0.447. The van der Waals surface area contributed by atoms with Crippen LogP contribution in [0.2, 0.25) is 0 Å². The van der Waals surface area contributed by atoms with E-state index in [0.29, 0.717) is 11.0 Å². The molecule has 1 aromatic carbocycles. The molecule has 0 atom stereocenters. The Kier molecular flexibility index (Phi) is 3.51. The Morgan fingerprint density at radius 2 is 2.00 bits per heavy atom. The van der Waals surface area contributed by atoms with Crippen molar-refractivity contribution in [3.8, 4) is 16.9 Å². The van der Waals surface area contributed by atoms with Gasteiger partial charge in [0.25, 0.3) is 0 Å². The molecule has 3 aromatic rings. The second-order valence-electron chi connectivity index (χ2n) is 5.34. The van der Waals surface area contributed by atoms with E-state index in [9.17, 15) is 0 Å². The lowest BCUT2D eigenvalue weighted by molar-refractivity contribution is 0.793. The number of rotatable bonds is 3. The highest BCUT2D eigenvalue weighted by atomic mass is 32.1. The maximum absolute atomic E-state index is 5.73. The Hall–Kier alpha value is -2.14. The minimum Gasteiger partial charge on any atom is -0.375 e. The van der Waals surface area contributed by atoms with Crippen molar-refractivity contribution in [2.75, 3.05) is 5.73 Å². The smallest absolute Gasteiger partial charge is 0.180 e. The SMILES string of the molecule is Cc1c(-c2csc(N)n2)cnn1-c1ccccc1C(C)C. The molecule has 0 fully saturated rings. The summed E-state index contributed by atoms with van der Waals surface area (Å²) in [6, 6.07) is 8.37. The lowest BCUT2D eigenvalue weighted by Gasteiger charge is -2.14. The Balaban J connectivity index is 2.12. The zero-order valence-corrected chi connectivity index (χ0v) is 13.2. The quantitative estimate of drug-likeness (QED) is 0.795. The number of aromatic nitrogens is 3. The highest BCUT2D eigenvalue weighted by molar-refractivity contribution is 7.13. The van der Waals surface area contributed by atoms with Gasteiger partial charge in [-0.2, -0.15) is 5.10 Å². The summed E-state index contributed by atoms with van der Waals surface area (Å²) in [6.45, 7) is 6.45. The summed E-state index contributed by atoms with van der Waals surface area (Å²) >= 11 is 1.45. The van der Waals surface area contributed by atoms with Crippen molar-refractivity contribution < 1.29 is 0 Å². The predicted octanol–water partition coefficient (Wildman–Crippen LogP) is 4.01. The van der Waals surface area contributed by atoms with E-state index in [1.54, 1.807) is 0 Å². The Labute approximate surface area is 128 Å². The molecule has 21 heavy (non-hydrogen) atoms. The van der Waals surface area contributed by atoms with E-state index in [1.807, 2.05) is 22.3 Å². The van der Waals surface area contributed by atoms with Gasteiger partial charge in [-0.15, -0.1) is 11.3 Å². The number of hydrogen-bond acceptors (Lipinski definition) is 4. The molecular weight excluding hydrogens is 280 g/mol. The summed E-state index contributed by atoms with van der Waals surface area (Å²) < 4.78 is 1.99. The van der Waals surface area contributed by atoms with E-state index >= 15 is 0 Å². The van der Waals surface area contributed by atoms with Crippen molar-refractivity contribution in [3.05, 3.63) is 47.1 Å². The average molecular weight is 298 g/mol. The zero-order chi connectivity index (χ0) is 15.0. The van der Waals surface area contributed by atoms with Crippen LogP contribution in [0.4, 0.5) is 5.13 Å². The van der Waals surface area contributed by atoms with Gasteiger partial charge in [-0.1, -0.05) is 32.0 Å². The summed E-state index contributed by atoms with van der Waals surface area (Å²) in [6.07, 6.45) is 1.86. The lowest BCUT2D eigenvalue weighted by Crippen LogP contribution is -2.04. The molecule has 2 N–H and O–H groups in total. The first-order valence-electron chi connectivity index (χ1n) is 6.93. The number of benzene rings is 1. The van der Waals surface area contributed by atoms with Crippen LogP contribution in [0.3, 0.4) is 0 Å². The van der Waals surface area contributed by atoms with Crippen molar-refractivity contribution in [1.29, 1.82) is 0 Å². The van der Waals surface area contributed by atoms with Crippen LogP contribution >= 0.6 is 11.3 Å². The van der Waals surface area contributed by atoms with Gasteiger partial charge in [-0.3, -0.25) is 0 Å². The highest BCUT2D eigenvalue weighted by Crippen LogP contribution is 2.29. The van der Waals surface area contributed by atoms with E-state index < -0.39 is 0 Å². The number of hydrogen-bond donors (Lipinski definition) is 1. The molecular formula is C16H18N4S. The van der Waals surface area contributed by atoms with Crippen molar-refractivity contribution >= 4 is 16.5 Å². The Morgan fingerprint density at radius 1 is 1.24 bits per heavy atom. The molecule has 4 nitrogen and oxygen atoms in total. The molecule has 5 heteroatoms. The van der Waals surface area contributed by atoms with Gasteiger partial charge in [0.1, 0.15) is 0 Å². The van der Waals surface area contributed by atoms with Gasteiger partial charge in [0.15, 0.2) is 5.13 Å². The van der Waals surface area contributed by atoms with E-state index in [-0.39, 0.29) is 0 Å². The fourth-order valence-electron chi connectivity index (χ4n) is 2.48. The van der Waals surface area contributed by atoms with Gasteiger partial charge in [-0.25, -0.2) is 9.67 Å². The van der Waals surface area contributed by atoms with Crippen LogP contribution in [0, 0.1) is 6.92 Å². The van der Waals surface area contributed by atoms with Gasteiger partial charge in [0.05, 0.1) is 23.3 Å². The van der Waals surface area contributed by atoms with Gasteiger partial charge >= 0.3 is 0 Å². The normalized spacial score (nSPS) is 11.2. The first kappa shape index (κ1) is 13.8. The van der Waals surface area contributed by atoms with Crippen LogP contribution in [-0.4, -0.2) is 14.8 Å². The Morgan fingerprint density at radius 3 is 2.67 bits per heavy atom. The first-order valence-corrected chi connectivity index (χ1v) is 7.81. The van der Waals surface area contributed by atoms with Crippen molar-refractivity contribution in [2.24, 2.45) is 0 Å². The molecule has 0 saturated carbocycles. The molecule has 0 aliphatic heterocycles. The van der Waals surface area contributed by atoms with Crippen LogP contribution in [0.25, 0.3) is 16.9 Å². The summed E-state index contributed by atoms with van der Waals surface area (Å²) in [4.78, 5) is 4.35. The van der Waals surface area contributed by atoms with Gasteiger partial charge < -0.3 is 5.73 Å². The molecule has 0 aliphatic carbocycles. The minimum absolute atomic E-state index is 0.447. The summed E-state index contributed by atoms with van der Waals surface area (Å²) in [5, 5.41) is 7.11.